The Morgan fingerprint density at radius 3 is 2.59 bits per heavy atom. The van der Waals surface area contributed by atoms with Gasteiger partial charge < -0.3 is 5.32 Å². The minimum atomic E-state index is -3.69. The van der Waals surface area contributed by atoms with Crippen LogP contribution in [0.25, 0.3) is 10.9 Å². The molecule has 0 radical (unpaired) electrons. The molecule has 1 aliphatic carbocycles. The van der Waals surface area contributed by atoms with Crippen molar-refractivity contribution in [1.82, 2.24) is 19.5 Å². The van der Waals surface area contributed by atoms with Crippen molar-refractivity contribution in [3.63, 3.8) is 0 Å². The Balaban J connectivity index is 1.39. The molecule has 1 saturated carbocycles. The highest BCUT2D eigenvalue weighted by molar-refractivity contribution is 7.89. The van der Waals surface area contributed by atoms with E-state index in [-0.39, 0.29) is 17.3 Å². The molecule has 9 heteroatoms. The van der Waals surface area contributed by atoms with Gasteiger partial charge in [0, 0.05) is 37.8 Å². The van der Waals surface area contributed by atoms with Crippen molar-refractivity contribution in [2.24, 2.45) is 0 Å². The highest BCUT2D eigenvalue weighted by atomic mass is 32.2. The molecule has 32 heavy (non-hydrogen) atoms. The lowest BCUT2D eigenvalue weighted by atomic mass is 9.83. The second-order valence-corrected chi connectivity index (χ2v) is 10.7. The number of hydrogen-bond donors (Lipinski definition) is 1. The van der Waals surface area contributed by atoms with Crippen LogP contribution in [0.4, 0.5) is 0 Å². The molecule has 0 unspecified atom stereocenters. The third-order valence-corrected chi connectivity index (χ3v) is 8.36. The summed E-state index contributed by atoms with van der Waals surface area (Å²) in [4.78, 5) is 19.1. The fourth-order valence-electron chi connectivity index (χ4n) is 4.65. The molecule has 2 aliphatic rings. The Hall–Kier alpha value is -2.54. The predicted molar refractivity (Wildman–Crippen MR) is 121 cm³/mol. The number of piperazine rings is 1. The maximum absolute atomic E-state index is 13.3. The average Bonchev–Trinajstić information content (AvgIpc) is 2.79. The molecule has 1 amide bonds. The van der Waals surface area contributed by atoms with E-state index < -0.39 is 15.6 Å². The predicted octanol–water partition coefficient (Wildman–Crippen LogP) is 2.19. The Labute approximate surface area is 189 Å². The molecule has 0 bridgehead atoms. The molecule has 1 aromatic carbocycles. The van der Waals surface area contributed by atoms with E-state index >= 15 is 0 Å². The van der Waals surface area contributed by atoms with Gasteiger partial charge in [-0.3, -0.25) is 14.7 Å². The van der Waals surface area contributed by atoms with Crippen LogP contribution in [0.3, 0.4) is 0 Å². The molecule has 0 atom stereocenters. The summed E-state index contributed by atoms with van der Waals surface area (Å²) in [6.45, 7) is 3.64. The van der Waals surface area contributed by atoms with Gasteiger partial charge in [0.1, 0.15) is 10.4 Å². The van der Waals surface area contributed by atoms with Crippen molar-refractivity contribution in [2.45, 2.75) is 49.5 Å². The summed E-state index contributed by atoms with van der Waals surface area (Å²) in [6.07, 6.45) is 6.07. The summed E-state index contributed by atoms with van der Waals surface area (Å²) in [6, 6.07) is 9.45. The van der Waals surface area contributed by atoms with Crippen LogP contribution in [0, 0.1) is 18.3 Å². The summed E-state index contributed by atoms with van der Waals surface area (Å²) >= 11 is 0. The Morgan fingerprint density at radius 2 is 1.91 bits per heavy atom. The molecule has 170 valence electrons. The standard InChI is InChI=1S/C23H29N5O3S/c1-18-14-19-6-5-7-20(22(19)25-15-18)32(30,31)28-12-10-27(11-13-28)16-21(29)26-23(17-24)8-3-2-4-9-23/h5-7,14-15H,2-4,8-13,16H2,1H3,(H,26,29). The number of aryl methyl sites for hydroxylation is 1. The number of nitrogens with one attached hydrogen (secondary N) is 1. The highest BCUT2D eigenvalue weighted by Gasteiger charge is 2.35. The van der Waals surface area contributed by atoms with Gasteiger partial charge in [-0.25, -0.2) is 8.42 Å². The lowest BCUT2D eigenvalue weighted by molar-refractivity contribution is -0.124. The average molecular weight is 456 g/mol. The lowest BCUT2D eigenvalue weighted by Crippen LogP contribution is -2.54. The van der Waals surface area contributed by atoms with Gasteiger partial charge in [0.15, 0.2) is 0 Å². The largest absolute Gasteiger partial charge is 0.337 e. The molecule has 8 nitrogen and oxygen atoms in total. The Bertz CT molecular complexity index is 1140. The minimum Gasteiger partial charge on any atom is -0.337 e. The molecule has 0 spiro atoms. The monoisotopic (exact) mass is 455 g/mol. The number of fused-ring (bicyclic) bond motifs is 1. The zero-order valence-electron chi connectivity index (χ0n) is 18.4. The number of benzene rings is 1. The van der Waals surface area contributed by atoms with E-state index in [1.165, 1.54) is 4.31 Å². The van der Waals surface area contributed by atoms with E-state index in [0.29, 0.717) is 44.5 Å². The van der Waals surface area contributed by atoms with Crippen molar-refractivity contribution < 1.29 is 13.2 Å². The topological polar surface area (TPSA) is 106 Å². The Morgan fingerprint density at radius 1 is 1.19 bits per heavy atom. The number of nitrogens with zero attached hydrogens (tertiary/aromatic N) is 4. The number of sulfonamides is 1. The smallest absolute Gasteiger partial charge is 0.245 e. The van der Waals surface area contributed by atoms with Crippen LogP contribution >= 0.6 is 0 Å². The number of hydrogen-bond acceptors (Lipinski definition) is 6. The maximum atomic E-state index is 13.3. The summed E-state index contributed by atoms with van der Waals surface area (Å²) in [5, 5.41) is 13.3. The van der Waals surface area contributed by atoms with Crippen molar-refractivity contribution in [3.05, 3.63) is 36.0 Å². The molecule has 1 aliphatic heterocycles. The first-order valence-electron chi connectivity index (χ1n) is 11.1. The van der Waals surface area contributed by atoms with E-state index in [1.807, 2.05) is 24.0 Å². The fourth-order valence-corrected chi connectivity index (χ4v) is 6.24. The van der Waals surface area contributed by atoms with E-state index in [1.54, 1.807) is 18.3 Å². The molecule has 1 saturated heterocycles. The maximum Gasteiger partial charge on any atom is 0.245 e. The minimum absolute atomic E-state index is 0.168. The molecule has 4 rings (SSSR count). The van der Waals surface area contributed by atoms with Crippen LogP contribution in [0.15, 0.2) is 35.4 Å². The molecule has 1 aromatic heterocycles. The lowest BCUT2D eigenvalue weighted by Gasteiger charge is -2.35. The van der Waals surface area contributed by atoms with Crippen LogP contribution in [0.2, 0.25) is 0 Å². The molecular formula is C23H29N5O3S. The van der Waals surface area contributed by atoms with Crippen molar-refractivity contribution in [2.75, 3.05) is 32.7 Å². The van der Waals surface area contributed by atoms with Gasteiger partial charge in [-0.15, -0.1) is 0 Å². The number of pyridine rings is 1. The number of nitriles is 1. The van der Waals surface area contributed by atoms with Crippen LogP contribution < -0.4 is 5.32 Å². The molecule has 1 N–H and O–H groups in total. The van der Waals surface area contributed by atoms with Crippen LogP contribution in [0.1, 0.15) is 37.7 Å². The van der Waals surface area contributed by atoms with Crippen molar-refractivity contribution in [3.8, 4) is 6.07 Å². The second kappa shape index (κ2) is 9.14. The van der Waals surface area contributed by atoms with Crippen molar-refractivity contribution in [1.29, 1.82) is 5.26 Å². The molecular weight excluding hydrogens is 426 g/mol. The fraction of sp³-hybridized carbons (Fsp3) is 0.522. The molecule has 2 fully saturated rings. The van der Waals surface area contributed by atoms with Crippen LogP contribution in [0.5, 0.6) is 0 Å². The quantitative estimate of drug-likeness (QED) is 0.741. The van der Waals surface area contributed by atoms with Crippen LogP contribution in [-0.2, 0) is 14.8 Å². The van der Waals surface area contributed by atoms with Gasteiger partial charge in [-0.05, 0) is 37.5 Å². The summed E-state index contributed by atoms with van der Waals surface area (Å²) in [5.41, 5.74) is 0.708. The van der Waals surface area contributed by atoms with Gasteiger partial charge in [0.25, 0.3) is 0 Å². The van der Waals surface area contributed by atoms with Gasteiger partial charge in [0.2, 0.25) is 15.9 Å². The van der Waals surface area contributed by atoms with E-state index in [0.717, 1.165) is 30.2 Å². The zero-order valence-corrected chi connectivity index (χ0v) is 19.2. The first-order chi connectivity index (χ1) is 15.3. The van der Waals surface area contributed by atoms with E-state index in [9.17, 15) is 18.5 Å². The number of rotatable bonds is 5. The third-order valence-electron chi connectivity index (χ3n) is 6.43. The van der Waals surface area contributed by atoms with E-state index in [4.69, 9.17) is 0 Å². The van der Waals surface area contributed by atoms with Gasteiger partial charge in [-0.1, -0.05) is 31.4 Å². The summed E-state index contributed by atoms with van der Waals surface area (Å²) < 4.78 is 28.1. The first kappa shape index (κ1) is 22.6. The van der Waals surface area contributed by atoms with Gasteiger partial charge in [0.05, 0.1) is 18.1 Å². The van der Waals surface area contributed by atoms with Crippen molar-refractivity contribution >= 4 is 26.8 Å². The third kappa shape index (κ3) is 4.63. The molecule has 2 aromatic rings. The SMILES string of the molecule is Cc1cnc2c(S(=O)(=O)N3CCN(CC(=O)NC4(C#N)CCCCC4)CC3)cccc2c1. The molecule has 2 heterocycles. The second-order valence-electron chi connectivity index (χ2n) is 8.82. The Kier molecular flexibility index (Phi) is 6.47. The number of carbonyl (C=O) groups is 1. The highest BCUT2D eigenvalue weighted by Crippen LogP contribution is 2.28. The van der Waals surface area contributed by atoms with Gasteiger partial charge in [-0.2, -0.15) is 9.57 Å². The zero-order chi connectivity index (χ0) is 22.8. The van der Waals surface area contributed by atoms with Gasteiger partial charge >= 0.3 is 0 Å². The number of amides is 1. The summed E-state index contributed by atoms with van der Waals surface area (Å²) in [5.74, 6) is -0.168. The van der Waals surface area contributed by atoms with Crippen LogP contribution in [-0.4, -0.2) is 66.8 Å². The number of aromatic nitrogens is 1. The number of carbonyl (C=O) groups excluding carboxylic acids is 1. The first-order valence-corrected chi connectivity index (χ1v) is 12.6. The van der Waals surface area contributed by atoms with E-state index in [2.05, 4.69) is 16.4 Å². The normalized spacial score (nSPS) is 20.0. The summed E-state index contributed by atoms with van der Waals surface area (Å²) in [7, 11) is -3.69. The number of para-hydroxylation sites is 1.